The highest BCUT2D eigenvalue weighted by atomic mass is 19.1. The van der Waals surface area contributed by atoms with Crippen LogP contribution in [0.15, 0.2) is 41.8 Å². The van der Waals surface area contributed by atoms with Gasteiger partial charge in [-0.05, 0) is 38.4 Å². The van der Waals surface area contributed by atoms with Crippen molar-refractivity contribution < 1.29 is 33.2 Å². The molecule has 0 aliphatic carbocycles. The number of ketones is 1. The average molecular weight is 394 g/mol. The third-order valence-corrected chi connectivity index (χ3v) is 3.84. The topological polar surface area (TPSA) is 116 Å². The van der Waals surface area contributed by atoms with Crippen molar-refractivity contribution in [3.8, 4) is 0 Å². The van der Waals surface area contributed by atoms with Crippen LogP contribution in [-0.2, 0) is 9.59 Å². The molecule has 0 aliphatic rings. The standard InChI is InChI=1S/C18H21BF2N2O5/c1-4-12(14(20)5-2)18(26)23-16(10(3)24)9-22-17(25)13-7-6-11(19(27)28)8-15(13)21/h4-8,16,27-28H,9H2,1-3H3,(H,22,25)(H,23,26)/b12-4+,14-5+/t16-/m0/s1. The van der Waals surface area contributed by atoms with Gasteiger partial charge < -0.3 is 20.7 Å². The number of benzene rings is 1. The van der Waals surface area contributed by atoms with Crippen molar-refractivity contribution in [2.75, 3.05) is 6.54 Å². The molecule has 7 nitrogen and oxygen atoms in total. The molecule has 10 heteroatoms. The van der Waals surface area contributed by atoms with Crippen molar-refractivity contribution in [2.45, 2.75) is 26.8 Å². The number of halogens is 2. The molecule has 0 bridgehead atoms. The van der Waals surface area contributed by atoms with Crippen LogP contribution in [0.2, 0.25) is 0 Å². The molecular weight excluding hydrogens is 373 g/mol. The van der Waals surface area contributed by atoms with Crippen LogP contribution in [0.1, 0.15) is 31.1 Å². The van der Waals surface area contributed by atoms with Gasteiger partial charge in [0.1, 0.15) is 17.7 Å². The lowest BCUT2D eigenvalue weighted by molar-refractivity contribution is -0.124. The molecule has 1 aromatic carbocycles. The Labute approximate surface area is 161 Å². The summed E-state index contributed by atoms with van der Waals surface area (Å²) in [7, 11) is -1.89. The largest absolute Gasteiger partial charge is 0.488 e. The molecule has 0 unspecified atom stereocenters. The third-order valence-electron chi connectivity index (χ3n) is 3.84. The van der Waals surface area contributed by atoms with Gasteiger partial charge in [0.15, 0.2) is 5.78 Å². The molecular formula is C18H21BF2N2O5. The first-order valence-corrected chi connectivity index (χ1v) is 8.35. The van der Waals surface area contributed by atoms with Crippen LogP contribution in [0.4, 0.5) is 8.78 Å². The fraction of sp³-hybridized carbons (Fsp3) is 0.278. The molecule has 2 amide bonds. The Morgan fingerprint density at radius 3 is 2.32 bits per heavy atom. The monoisotopic (exact) mass is 394 g/mol. The smallest absolute Gasteiger partial charge is 0.423 e. The van der Waals surface area contributed by atoms with Gasteiger partial charge in [-0.25, -0.2) is 8.78 Å². The lowest BCUT2D eigenvalue weighted by Gasteiger charge is -2.17. The second kappa shape index (κ2) is 10.5. The SMILES string of the molecule is C/C=C(C(=O)N[C@@H](CNC(=O)c1ccc(B(O)O)cc1F)C(C)=O)\C(F)=C/C. The van der Waals surface area contributed by atoms with E-state index in [9.17, 15) is 23.2 Å². The van der Waals surface area contributed by atoms with Gasteiger partial charge in [0.25, 0.3) is 11.8 Å². The van der Waals surface area contributed by atoms with Gasteiger partial charge in [0.05, 0.1) is 11.1 Å². The minimum Gasteiger partial charge on any atom is -0.423 e. The second-order valence-corrected chi connectivity index (χ2v) is 5.80. The number of allylic oxidation sites excluding steroid dienone is 2. The third kappa shape index (κ3) is 6.10. The van der Waals surface area contributed by atoms with E-state index in [1.54, 1.807) is 0 Å². The molecule has 0 fully saturated rings. The summed E-state index contributed by atoms with van der Waals surface area (Å²) in [5, 5.41) is 22.6. The molecule has 1 rings (SSSR count). The highest BCUT2D eigenvalue weighted by Gasteiger charge is 2.23. The minimum absolute atomic E-state index is 0.132. The number of rotatable bonds is 8. The fourth-order valence-corrected chi connectivity index (χ4v) is 2.23. The Bertz CT molecular complexity index is 824. The molecule has 28 heavy (non-hydrogen) atoms. The van der Waals surface area contributed by atoms with Gasteiger partial charge in [-0.15, -0.1) is 0 Å². The first kappa shape index (κ1) is 23.2. The lowest BCUT2D eigenvalue weighted by atomic mass is 9.80. The molecule has 4 N–H and O–H groups in total. The highest BCUT2D eigenvalue weighted by molar-refractivity contribution is 6.58. The average Bonchev–Trinajstić information content (AvgIpc) is 2.64. The predicted octanol–water partition coefficient (Wildman–Crippen LogP) is 0.129. The zero-order valence-electron chi connectivity index (χ0n) is 15.6. The van der Waals surface area contributed by atoms with Crippen molar-refractivity contribution in [3.05, 3.63) is 53.1 Å². The van der Waals surface area contributed by atoms with Gasteiger partial charge in [-0.1, -0.05) is 18.2 Å². The Kier molecular flexibility index (Phi) is 8.68. The summed E-state index contributed by atoms with van der Waals surface area (Å²) < 4.78 is 27.6. The molecule has 1 aromatic rings. The van der Waals surface area contributed by atoms with Crippen LogP contribution < -0.4 is 16.1 Å². The minimum atomic E-state index is -1.89. The maximum atomic E-state index is 14.0. The number of hydrogen-bond donors (Lipinski definition) is 4. The number of amides is 2. The number of nitrogens with one attached hydrogen (secondary N) is 2. The van der Waals surface area contributed by atoms with Gasteiger partial charge >= 0.3 is 7.12 Å². The van der Waals surface area contributed by atoms with Crippen LogP contribution in [0.5, 0.6) is 0 Å². The highest BCUT2D eigenvalue weighted by Crippen LogP contribution is 2.11. The summed E-state index contributed by atoms with van der Waals surface area (Å²) >= 11 is 0. The van der Waals surface area contributed by atoms with E-state index < -0.39 is 42.4 Å². The quantitative estimate of drug-likeness (QED) is 0.284. The molecule has 1 atom stereocenters. The van der Waals surface area contributed by atoms with E-state index in [0.29, 0.717) is 0 Å². The molecule has 0 aromatic heterocycles. The van der Waals surface area contributed by atoms with Crippen molar-refractivity contribution in [2.24, 2.45) is 0 Å². The van der Waals surface area contributed by atoms with Crippen molar-refractivity contribution in [1.82, 2.24) is 10.6 Å². The van der Waals surface area contributed by atoms with Crippen LogP contribution in [-0.4, -0.2) is 47.4 Å². The van der Waals surface area contributed by atoms with E-state index in [-0.39, 0.29) is 23.1 Å². The van der Waals surface area contributed by atoms with Crippen LogP contribution >= 0.6 is 0 Å². The Morgan fingerprint density at radius 1 is 1.21 bits per heavy atom. The van der Waals surface area contributed by atoms with Gasteiger partial charge in [0, 0.05) is 6.54 Å². The van der Waals surface area contributed by atoms with Crippen LogP contribution in [0.3, 0.4) is 0 Å². The van der Waals surface area contributed by atoms with E-state index in [1.807, 2.05) is 0 Å². The summed E-state index contributed by atoms with van der Waals surface area (Å²) in [5.74, 6) is -3.95. The maximum Gasteiger partial charge on any atom is 0.488 e. The normalized spacial score (nSPS) is 13.0. The van der Waals surface area contributed by atoms with E-state index in [0.717, 1.165) is 24.3 Å². The Morgan fingerprint density at radius 2 is 1.86 bits per heavy atom. The summed E-state index contributed by atoms with van der Waals surface area (Å²) in [6.45, 7) is 3.69. The van der Waals surface area contributed by atoms with E-state index in [1.165, 1.54) is 26.8 Å². The lowest BCUT2D eigenvalue weighted by Crippen LogP contribution is -2.48. The van der Waals surface area contributed by atoms with Crippen molar-refractivity contribution in [1.29, 1.82) is 0 Å². The summed E-state index contributed by atoms with van der Waals surface area (Å²) in [5.41, 5.74) is -0.774. The Hall–Kier alpha value is -2.85. The molecule has 0 radical (unpaired) electrons. The van der Waals surface area contributed by atoms with E-state index >= 15 is 0 Å². The van der Waals surface area contributed by atoms with Gasteiger partial charge in [-0.2, -0.15) is 0 Å². The zero-order chi connectivity index (χ0) is 21.4. The number of carbonyl (C=O) groups excluding carboxylic acids is 3. The van der Waals surface area contributed by atoms with Gasteiger partial charge in [-0.3, -0.25) is 14.4 Å². The van der Waals surface area contributed by atoms with E-state index in [4.69, 9.17) is 10.0 Å². The zero-order valence-corrected chi connectivity index (χ0v) is 15.6. The van der Waals surface area contributed by atoms with Crippen LogP contribution in [0, 0.1) is 5.82 Å². The first-order valence-electron chi connectivity index (χ1n) is 8.35. The maximum absolute atomic E-state index is 14.0. The number of hydrogen-bond acceptors (Lipinski definition) is 5. The molecule has 0 saturated heterocycles. The van der Waals surface area contributed by atoms with Crippen molar-refractivity contribution >= 4 is 30.2 Å². The fourth-order valence-electron chi connectivity index (χ4n) is 2.23. The summed E-state index contributed by atoms with van der Waals surface area (Å²) in [6.07, 6.45) is 2.34. The number of Topliss-reactive ketones (excluding diaryl/α,β-unsaturated/α-hetero) is 1. The van der Waals surface area contributed by atoms with Crippen LogP contribution in [0.25, 0.3) is 0 Å². The molecule has 0 aliphatic heterocycles. The first-order chi connectivity index (χ1) is 13.1. The second-order valence-electron chi connectivity index (χ2n) is 5.80. The van der Waals surface area contributed by atoms with Gasteiger partial charge in [0.2, 0.25) is 0 Å². The Balaban J connectivity index is 2.85. The molecule has 0 spiro atoms. The summed E-state index contributed by atoms with van der Waals surface area (Å²) in [6, 6.07) is 1.85. The number of carbonyl (C=O) groups is 3. The molecule has 0 heterocycles. The van der Waals surface area contributed by atoms with E-state index in [2.05, 4.69) is 10.6 Å². The predicted molar refractivity (Wildman–Crippen MR) is 99.8 cm³/mol. The molecule has 0 saturated carbocycles. The molecule has 150 valence electrons. The van der Waals surface area contributed by atoms with Crippen molar-refractivity contribution in [3.63, 3.8) is 0 Å². The summed E-state index contributed by atoms with van der Waals surface area (Å²) in [4.78, 5) is 36.0.